The Morgan fingerprint density at radius 3 is 2.19 bits per heavy atom. The first kappa shape index (κ1) is 14.0. The molecule has 1 unspecified atom stereocenters. The number of halogens is 2. The molecule has 4 saturated carbocycles. The Kier molecular flexibility index (Phi) is 3.30. The number of nitrogens with one attached hydrogen (secondary N) is 1. The average molecular weight is 327 g/mol. The van der Waals surface area contributed by atoms with Crippen molar-refractivity contribution in [2.75, 3.05) is 5.32 Å². The molecular formula is C15H20Cl2N4. The molecule has 21 heavy (non-hydrogen) atoms. The zero-order valence-corrected chi connectivity index (χ0v) is 13.7. The van der Waals surface area contributed by atoms with E-state index in [4.69, 9.17) is 23.2 Å². The molecule has 1 aromatic heterocycles. The molecule has 4 aliphatic rings. The van der Waals surface area contributed by atoms with Crippen molar-refractivity contribution in [3.8, 4) is 0 Å². The fourth-order valence-corrected chi connectivity index (χ4v) is 5.71. The second kappa shape index (κ2) is 4.95. The van der Waals surface area contributed by atoms with Gasteiger partial charge in [-0.25, -0.2) is 0 Å². The second-order valence-electron chi connectivity index (χ2n) is 7.37. The Labute approximate surface area is 135 Å². The zero-order valence-electron chi connectivity index (χ0n) is 12.1. The van der Waals surface area contributed by atoms with Gasteiger partial charge in [0.05, 0.1) is 0 Å². The largest absolute Gasteiger partial charge is 0.364 e. The van der Waals surface area contributed by atoms with Crippen LogP contribution in [0.4, 0.5) is 5.82 Å². The van der Waals surface area contributed by atoms with Crippen molar-refractivity contribution >= 4 is 29.0 Å². The van der Waals surface area contributed by atoms with E-state index in [-0.39, 0.29) is 5.28 Å². The highest BCUT2D eigenvalue weighted by Crippen LogP contribution is 2.61. The van der Waals surface area contributed by atoms with E-state index in [1.807, 2.05) is 0 Å². The molecule has 0 amide bonds. The van der Waals surface area contributed by atoms with E-state index in [1.165, 1.54) is 38.5 Å². The third kappa shape index (κ3) is 2.40. The molecule has 0 radical (unpaired) electrons. The molecular weight excluding hydrogens is 307 g/mol. The average Bonchev–Trinajstić information content (AvgIpc) is 2.41. The predicted octanol–water partition coefficient (Wildman–Crippen LogP) is 4.20. The monoisotopic (exact) mass is 326 g/mol. The van der Waals surface area contributed by atoms with Gasteiger partial charge in [-0.1, -0.05) is 11.6 Å². The van der Waals surface area contributed by atoms with Gasteiger partial charge in [-0.2, -0.15) is 4.98 Å². The lowest BCUT2D eigenvalue weighted by molar-refractivity contribution is -0.0603. The summed E-state index contributed by atoms with van der Waals surface area (Å²) in [6.45, 7) is 2.26. The number of anilines is 1. The van der Waals surface area contributed by atoms with Crippen LogP contribution >= 0.6 is 23.2 Å². The van der Waals surface area contributed by atoms with Crippen LogP contribution in [0, 0.1) is 23.2 Å². The van der Waals surface area contributed by atoms with Crippen molar-refractivity contribution in [3.63, 3.8) is 0 Å². The molecule has 1 N–H and O–H groups in total. The number of nitrogens with zero attached hydrogens (tertiary/aromatic N) is 3. The van der Waals surface area contributed by atoms with Crippen molar-refractivity contribution in [2.24, 2.45) is 23.2 Å². The van der Waals surface area contributed by atoms with E-state index in [0.29, 0.717) is 22.4 Å². The molecule has 0 aliphatic heterocycles. The Morgan fingerprint density at radius 2 is 1.62 bits per heavy atom. The highest BCUT2D eigenvalue weighted by atomic mass is 35.5. The Morgan fingerprint density at radius 1 is 1.05 bits per heavy atom. The molecule has 4 nitrogen and oxygen atoms in total. The fourth-order valence-electron chi connectivity index (χ4n) is 5.45. The van der Waals surface area contributed by atoms with E-state index in [0.717, 1.165) is 17.8 Å². The van der Waals surface area contributed by atoms with Crippen molar-refractivity contribution in [1.29, 1.82) is 0 Å². The summed E-state index contributed by atoms with van der Waals surface area (Å²) < 4.78 is 0. The lowest BCUT2D eigenvalue weighted by Gasteiger charge is -2.59. The van der Waals surface area contributed by atoms with Crippen LogP contribution in [0.2, 0.25) is 10.4 Å². The van der Waals surface area contributed by atoms with Crippen molar-refractivity contribution in [3.05, 3.63) is 10.4 Å². The molecule has 4 bridgehead atoms. The minimum atomic E-state index is 0.139. The molecule has 5 rings (SSSR count). The molecule has 0 aromatic carbocycles. The normalized spacial score (nSPS) is 38.5. The van der Waals surface area contributed by atoms with Crippen molar-refractivity contribution in [1.82, 2.24) is 15.2 Å². The first-order valence-electron chi connectivity index (χ1n) is 7.86. The summed E-state index contributed by atoms with van der Waals surface area (Å²) in [6.07, 6.45) is 8.39. The molecule has 4 fully saturated rings. The van der Waals surface area contributed by atoms with Gasteiger partial charge in [0.2, 0.25) is 5.28 Å². The SMILES string of the molecule is CC(Nc1nc(Cl)nnc1Cl)C12CC3CC(CC(C3)C1)C2. The summed E-state index contributed by atoms with van der Waals surface area (Å²) in [5.74, 6) is 3.37. The first-order valence-corrected chi connectivity index (χ1v) is 8.62. The molecule has 1 aromatic rings. The van der Waals surface area contributed by atoms with Crippen LogP contribution in [-0.4, -0.2) is 21.2 Å². The fraction of sp³-hybridized carbons (Fsp3) is 0.800. The third-order valence-electron chi connectivity index (χ3n) is 5.98. The summed E-state index contributed by atoms with van der Waals surface area (Å²) in [4.78, 5) is 4.19. The smallest absolute Gasteiger partial charge is 0.245 e. The van der Waals surface area contributed by atoms with E-state index in [9.17, 15) is 0 Å². The van der Waals surface area contributed by atoms with Crippen LogP contribution < -0.4 is 5.32 Å². The summed E-state index contributed by atoms with van der Waals surface area (Å²) in [6, 6.07) is 0.344. The van der Waals surface area contributed by atoms with Gasteiger partial charge in [-0.15, -0.1) is 10.2 Å². The molecule has 114 valence electrons. The molecule has 1 atom stereocenters. The summed E-state index contributed by atoms with van der Waals surface area (Å²) in [7, 11) is 0. The third-order valence-corrected chi connectivity index (χ3v) is 6.39. The standard InChI is InChI=1S/C15H20Cl2N4/c1-8(18-13-12(16)20-21-14(17)19-13)15-5-9-2-10(6-15)4-11(3-9)7-15/h8-11H,2-7H2,1H3,(H,18,19,21). The highest BCUT2D eigenvalue weighted by Gasteiger charge is 2.53. The summed E-state index contributed by atoms with van der Waals surface area (Å²) in [5.41, 5.74) is 0.398. The molecule has 1 heterocycles. The zero-order chi connectivity index (χ0) is 14.6. The van der Waals surface area contributed by atoms with Gasteiger partial charge in [0, 0.05) is 6.04 Å². The van der Waals surface area contributed by atoms with Gasteiger partial charge in [0.25, 0.3) is 0 Å². The number of rotatable bonds is 3. The van der Waals surface area contributed by atoms with Gasteiger partial charge < -0.3 is 5.32 Å². The maximum absolute atomic E-state index is 6.09. The Bertz CT molecular complexity index is 527. The van der Waals surface area contributed by atoms with Crippen molar-refractivity contribution < 1.29 is 0 Å². The van der Waals surface area contributed by atoms with Crippen LogP contribution in [0.15, 0.2) is 0 Å². The minimum absolute atomic E-state index is 0.139. The van der Waals surface area contributed by atoms with Crippen LogP contribution in [-0.2, 0) is 0 Å². The Hall–Kier alpha value is -0.610. The molecule has 0 saturated heterocycles. The highest BCUT2D eigenvalue weighted by molar-refractivity contribution is 6.32. The lowest BCUT2D eigenvalue weighted by atomic mass is 9.48. The van der Waals surface area contributed by atoms with E-state index < -0.39 is 0 Å². The van der Waals surface area contributed by atoms with Crippen LogP contribution in [0.5, 0.6) is 0 Å². The van der Waals surface area contributed by atoms with Gasteiger partial charge in [-0.3, -0.25) is 0 Å². The van der Waals surface area contributed by atoms with Crippen LogP contribution in [0.25, 0.3) is 0 Å². The van der Waals surface area contributed by atoms with Crippen molar-refractivity contribution in [2.45, 2.75) is 51.5 Å². The maximum atomic E-state index is 6.09. The van der Waals surface area contributed by atoms with E-state index >= 15 is 0 Å². The van der Waals surface area contributed by atoms with E-state index in [1.54, 1.807) is 0 Å². The van der Waals surface area contributed by atoms with Gasteiger partial charge in [0.1, 0.15) is 0 Å². The minimum Gasteiger partial charge on any atom is -0.364 e. The number of hydrogen-bond acceptors (Lipinski definition) is 4. The quantitative estimate of drug-likeness (QED) is 0.904. The Balaban J connectivity index is 1.57. The second-order valence-corrected chi connectivity index (χ2v) is 8.06. The maximum Gasteiger partial charge on any atom is 0.245 e. The van der Waals surface area contributed by atoms with Crippen LogP contribution in [0.3, 0.4) is 0 Å². The van der Waals surface area contributed by atoms with Gasteiger partial charge >= 0.3 is 0 Å². The van der Waals surface area contributed by atoms with E-state index in [2.05, 4.69) is 27.4 Å². The molecule has 4 aliphatic carbocycles. The van der Waals surface area contributed by atoms with Gasteiger partial charge in [0.15, 0.2) is 11.0 Å². The summed E-state index contributed by atoms with van der Waals surface area (Å²) in [5, 5.41) is 11.4. The topological polar surface area (TPSA) is 50.7 Å². The predicted molar refractivity (Wildman–Crippen MR) is 83.5 cm³/mol. The summed E-state index contributed by atoms with van der Waals surface area (Å²) >= 11 is 11.9. The first-order chi connectivity index (χ1) is 10.0. The lowest BCUT2D eigenvalue weighted by Crippen LogP contribution is -2.53. The number of aromatic nitrogens is 3. The number of hydrogen-bond donors (Lipinski definition) is 1. The molecule has 6 heteroatoms. The van der Waals surface area contributed by atoms with Crippen LogP contribution in [0.1, 0.15) is 45.4 Å². The molecule has 0 spiro atoms. The van der Waals surface area contributed by atoms with Gasteiger partial charge in [-0.05, 0) is 80.2 Å².